The van der Waals surface area contributed by atoms with E-state index in [1.54, 1.807) is 6.07 Å². The van der Waals surface area contributed by atoms with Crippen molar-refractivity contribution in [2.45, 2.75) is 13.0 Å². The van der Waals surface area contributed by atoms with E-state index >= 15 is 0 Å². The molecule has 0 aliphatic carbocycles. The summed E-state index contributed by atoms with van der Waals surface area (Å²) in [5, 5.41) is 9.09. The second kappa shape index (κ2) is 9.40. The van der Waals surface area contributed by atoms with Gasteiger partial charge in [0.05, 0.1) is 6.54 Å². The second-order valence-corrected chi connectivity index (χ2v) is 6.03. The molecule has 0 saturated carbocycles. The van der Waals surface area contributed by atoms with Gasteiger partial charge >= 0.3 is 6.03 Å². The third-order valence-corrected chi connectivity index (χ3v) is 3.64. The summed E-state index contributed by atoms with van der Waals surface area (Å²) in [6, 6.07) is 14.7. The van der Waals surface area contributed by atoms with Crippen LogP contribution in [0.2, 0.25) is 10.0 Å². The Kier molecular flexibility index (Phi) is 7.20. The molecule has 0 saturated heterocycles. The highest BCUT2D eigenvalue weighted by molar-refractivity contribution is 6.34. The lowest BCUT2D eigenvalue weighted by atomic mass is 10.2. The van der Waals surface area contributed by atoms with Gasteiger partial charge in [0.1, 0.15) is 6.54 Å². The van der Waals surface area contributed by atoms with Gasteiger partial charge in [-0.05, 0) is 30.3 Å². The number of anilines is 1. The lowest BCUT2D eigenvalue weighted by Crippen LogP contribution is -2.82. The van der Waals surface area contributed by atoms with Gasteiger partial charge < -0.3 is 16.0 Å². The summed E-state index contributed by atoms with van der Waals surface area (Å²) in [6.45, 7) is 2.36. The topological polar surface area (TPSA) is 57.7 Å². The quantitative estimate of drug-likeness (QED) is 0.658. The zero-order valence-electron chi connectivity index (χ0n) is 12.7. The van der Waals surface area contributed by atoms with E-state index in [1.165, 1.54) is 0 Å². The highest BCUT2D eigenvalue weighted by Crippen LogP contribution is 2.18. The molecule has 0 aromatic heterocycles. The first-order valence-corrected chi connectivity index (χ1v) is 8.25. The van der Waals surface area contributed by atoms with Gasteiger partial charge in [0.25, 0.3) is 0 Å². The molecule has 4 nitrogen and oxygen atoms in total. The summed E-state index contributed by atoms with van der Waals surface area (Å²) in [4.78, 5) is 11.7. The van der Waals surface area contributed by atoms with Gasteiger partial charge in [0, 0.05) is 34.3 Å². The van der Waals surface area contributed by atoms with Crippen LogP contribution >= 0.6 is 23.2 Å². The van der Waals surface area contributed by atoms with E-state index in [0.717, 1.165) is 30.8 Å². The number of urea groups is 1. The number of halogens is 2. The number of nitrogens with two attached hydrogens (primary N) is 1. The Bertz CT molecular complexity index is 615. The molecule has 23 heavy (non-hydrogen) atoms. The number of rotatable bonds is 7. The normalized spacial score (nSPS) is 10.3. The molecule has 2 aromatic rings. The monoisotopic (exact) mass is 352 g/mol. The molecule has 4 N–H and O–H groups in total. The molecule has 2 amide bonds. The molecule has 0 spiro atoms. The van der Waals surface area contributed by atoms with Crippen molar-refractivity contribution in [1.82, 2.24) is 5.32 Å². The van der Waals surface area contributed by atoms with Crippen LogP contribution < -0.4 is 16.0 Å². The number of carbonyl (C=O) groups excluding carboxylic acids is 1. The summed E-state index contributed by atoms with van der Waals surface area (Å²) in [5.74, 6) is 0. The average molecular weight is 353 g/mol. The van der Waals surface area contributed by atoms with Gasteiger partial charge in [-0.3, -0.25) is 0 Å². The first kappa shape index (κ1) is 17.6. The molecule has 0 heterocycles. The van der Waals surface area contributed by atoms with Gasteiger partial charge in [-0.25, -0.2) is 4.79 Å². The highest BCUT2D eigenvalue weighted by Gasteiger charge is 2.02. The highest BCUT2D eigenvalue weighted by atomic mass is 35.5. The van der Waals surface area contributed by atoms with Crippen molar-refractivity contribution in [3.63, 3.8) is 0 Å². The van der Waals surface area contributed by atoms with E-state index < -0.39 is 0 Å². The number of para-hydroxylation sites is 1. The van der Waals surface area contributed by atoms with Crippen molar-refractivity contribution in [3.8, 4) is 0 Å². The van der Waals surface area contributed by atoms with E-state index in [4.69, 9.17) is 23.2 Å². The van der Waals surface area contributed by atoms with Gasteiger partial charge in [-0.2, -0.15) is 0 Å². The molecule has 122 valence electrons. The van der Waals surface area contributed by atoms with Crippen molar-refractivity contribution in [3.05, 3.63) is 64.1 Å². The number of nitrogens with one attached hydrogen (secondary N) is 2. The number of amides is 2. The molecular formula is C17H20Cl2N3O+. The molecule has 0 fully saturated rings. The van der Waals surface area contributed by atoms with E-state index in [2.05, 4.69) is 16.0 Å². The Morgan fingerprint density at radius 2 is 1.74 bits per heavy atom. The van der Waals surface area contributed by atoms with Crippen molar-refractivity contribution >= 4 is 34.9 Å². The largest absolute Gasteiger partial charge is 0.342 e. The van der Waals surface area contributed by atoms with E-state index in [9.17, 15) is 4.79 Å². The fraction of sp³-hybridized carbons (Fsp3) is 0.235. The van der Waals surface area contributed by atoms with E-state index in [1.807, 2.05) is 42.5 Å². The Morgan fingerprint density at radius 1 is 1.04 bits per heavy atom. The number of carbonyl (C=O) groups is 1. The van der Waals surface area contributed by atoms with Crippen LogP contribution in [0.15, 0.2) is 48.5 Å². The lowest BCUT2D eigenvalue weighted by Gasteiger charge is -2.07. The van der Waals surface area contributed by atoms with Crippen LogP contribution in [0, 0.1) is 0 Å². The third-order valence-electron chi connectivity index (χ3n) is 3.20. The van der Waals surface area contributed by atoms with Crippen LogP contribution in [0.5, 0.6) is 0 Å². The van der Waals surface area contributed by atoms with Crippen molar-refractivity contribution < 1.29 is 10.1 Å². The van der Waals surface area contributed by atoms with Crippen molar-refractivity contribution in [1.29, 1.82) is 0 Å². The summed E-state index contributed by atoms with van der Waals surface area (Å²) in [5.41, 5.74) is 1.88. The second-order valence-electron chi connectivity index (χ2n) is 5.16. The van der Waals surface area contributed by atoms with Gasteiger partial charge in [-0.15, -0.1) is 0 Å². The predicted octanol–water partition coefficient (Wildman–Crippen LogP) is 3.27. The van der Waals surface area contributed by atoms with Gasteiger partial charge in [0.15, 0.2) is 0 Å². The Hall–Kier alpha value is -1.75. The summed E-state index contributed by atoms with van der Waals surface area (Å²) in [7, 11) is 0. The Morgan fingerprint density at radius 3 is 2.43 bits per heavy atom. The molecule has 2 rings (SSSR count). The molecule has 0 unspecified atom stereocenters. The number of quaternary nitrogens is 1. The van der Waals surface area contributed by atoms with Crippen LogP contribution in [0.25, 0.3) is 0 Å². The van der Waals surface area contributed by atoms with E-state index in [0.29, 0.717) is 16.6 Å². The zero-order valence-corrected chi connectivity index (χ0v) is 14.2. The van der Waals surface area contributed by atoms with Crippen molar-refractivity contribution in [2.75, 3.05) is 18.4 Å². The fourth-order valence-corrected chi connectivity index (χ4v) is 2.71. The minimum atomic E-state index is -0.183. The van der Waals surface area contributed by atoms with Crippen LogP contribution in [-0.2, 0) is 6.54 Å². The first-order chi connectivity index (χ1) is 11.1. The number of hydrogen-bond acceptors (Lipinski definition) is 1. The average Bonchev–Trinajstić information content (AvgIpc) is 2.51. The van der Waals surface area contributed by atoms with Crippen LogP contribution in [0.4, 0.5) is 10.5 Å². The molecule has 0 atom stereocenters. The predicted molar refractivity (Wildman–Crippen MR) is 95.0 cm³/mol. The van der Waals surface area contributed by atoms with Crippen LogP contribution in [0.3, 0.4) is 0 Å². The van der Waals surface area contributed by atoms with Gasteiger partial charge in [-0.1, -0.05) is 41.4 Å². The SMILES string of the molecule is O=C(NCCC[NH2+]Cc1cc(Cl)cc(Cl)c1)Nc1ccccc1. The Balaban J connectivity index is 1.58. The number of hydrogen-bond donors (Lipinski definition) is 3. The van der Waals surface area contributed by atoms with Gasteiger partial charge in [0.2, 0.25) is 0 Å². The zero-order chi connectivity index (χ0) is 16.5. The van der Waals surface area contributed by atoms with Crippen LogP contribution in [0.1, 0.15) is 12.0 Å². The maximum Gasteiger partial charge on any atom is 0.319 e. The summed E-state index contributed by atoms with van der Waals surface area (Å²) >= 11 is 11.9. The molecule has 0 radical (unpaired) electrons. The lowest BCUT2D eigenvalue weighted by molar-refractivity contribution is -0.670. The number of benzene rings is 2. The maximum absolute atomic E-state index is 11.7. The van der Waals surface area contributed by atoms with E-state index in [-0.39, 0.29) is 6.03 Å². The standard InChI is InChI=1S/C17H19Cl2N3O/c18-14-9-13(10-15(19)11-14)12-20-7-4-8-21-17(23)22-16-5-2-1-3-6-16/h1-3,5-6,9-11,20H,4,7-8,12H2,(H2,21,22,23)/p+1. The van der Waals surface area contributed by atoms with Crippen LogP contribution in [-0.4, -0.2) is 19.1 Å². The third kappa shape index (κ3) is 6.91. The smallest absolute Gasteiger partial charge is 0.319 e. The van der Waals surface area contributed by atoms with Crippen molar-refractivity contribution in [2.24, 2.45) is 0 Å². The fourth-order valence-electron chi connectivity index (χ4n) is 2.14. The molecule has 0 bridgehead atoms. The molecular weight excluding hydrogens is 333 g/mol. The minimum absolute atomic E-state index is 0.183. The molecule has 0 aliphatic rings. The summed E-state index contributed by atoms with van der Waals surface area (Å²) < 4.78 is 0. The minimum Gasteiger partial charge on any atom is -0.342 e. The first-order valence-electron chi connectivity index (χ1n) is 7.50. The summed E-state index contributed by atoms with van der Waals surface area (Å²) in [6.07, 6.45) is 0.885. The maximum atomic E-state index is 11.7. The molecule has 6 heteroatoms. The Labute approximate surface area is 146 Å². The molecule has 0 aliphatic heterocycles. The molecule has 2 aromatic carbocycles.